The number of rotatable bonds is 9. The Bertz CT molecular complexity index is 1100. The summed E-state index contributed by atoms with van der Waals surface area (Å²) in [6.45, 7) is 3.69. The van der Waals surface area contributed by atoms with Gasteiger partial charge in [0.1, 0.15) is 12.4 Å². The number of carbonyl (C=O) groups is 1. The van der Waals surface area contributed by atoms with Crippen molar-refractivity contribution in [1.29, 1.82) is 0 Å². The van der Waals surface area contributed by atoms with E-state index in [0.717, 1.165) is 55.0 Å². The van der Waals surface area contributed by atoms with Gasteiger partial charge in [0.15, 0.2) is 0 Å². The minimum absolute atomic E-state index is 0.0296. The van der Waals surface area contributed by atoms with Crippen molar-refractivity contribution in [2.75, 3.05) is 31.6 Å². The highest BCUT2D eigenvalue weighted by Crippen LogP contribution is 2.38. The SMILES string of the molecule is O=C(CN1CC[C@]2(CCCO2)[C@H](OCc2ccccc2)C1)Nc1ccc(OCc2ccccc2)cc1. The van der Waals surface area contributed by atoms with Crippen LogP contribution in [0.15, 0.2) is 84.9 Å². The van der Waals surface area contributed by atoms with Crippen molar-refractivity contribution in [2.45, 2.75) is 44.2 Å². The predicted molar refractivity (Wildman–Crippen MR) is 140 cm³/mol. The molecule has 2 heterocycles. The zero-order valence-corrected chi connectivity index (χ0v) is 20.6. The molecule has 3 aromatic carbocycles. The average Bonchev–Trinajstić information content (AvgIpc) is 3.39. The monoisotopic (exact) mass is 486 g/mol. The molecule has 36 heavy (non-hydrogen) atoms. The zero-order valence-electron chi connectivity index (χ0n) is 20.6. The lowest BCUT2D eigenvalue weighted by atomic mass is 9.85. The van der Waals surface area contributed by atoms with Gasteiger partial charge in [-0.25, -0.2) is 0 Å². The van der Waals surface area contributed by atoms with Crippen LogP contribution in [0.25, 0.3) is 0 Å². The minimum Gasteiger partial charge on any atom is -0.489 e. The Labute approximate surface area is 213 Å². The standard InChI is InChI=1S/C30H34N2O4/c33-29(31-26-12-14-27(15-13-26)34-22-24-8-3-1-4-9-24)21-32-18-17-30(16-7-19-36-30)28(20-32)35-23-25-10-5-2-6-11-25/h1-6,8-15,28H,7,16-23H2,(H,31,33)/t28-,30-/m1/s1. The van der Waals surface area contributed by atoms with Crippen molar-refractivity contribution in [1.82, 2.24) is 4.90 Å². The molecule has 2 fully saturated rings. The van der Waals surface area contributed by atoms with Gasteiger partial charge in [-0.2, -0.15) is 0 Å². The van der Waals surface area contributed by atoms with E-state index in [9.17, 15) is 4.79 Å². The Morgan fingerprint density at radius 3 is 2.28 bits per heavy atom. The fraction of sp³-hybridized carbons (Fsp3) is 0.367. The van der Waals surface area contributed by atoms with E-state index in [1.54, 1.807) is 0 Å². The number of ether oxygens (including phenoxy) is 3. The molecule has 0 aliphatic carbocycles. The summed E-state index contributed by atoms with van der Waals surface area (Å²) in [6.07, 6.45) is 2.91. The topological polar surface area (TPSA) is 60.0 Å². The van der Waals surface area contributed by atoms with E-state index in [1.807, 2.05) is 72.8 Å². The van der Waals surface area contributed by atoms with E-state index in [2.05, 4.69) is 22.3 Å². The number of likely N-dealkylation sites (tertiary alicyclic amines) is 1. The van der Waals surface area contributed by atoms with Crippen molar-refractivity contribution in [3.63, 3.8) is 0 Å². The first-order valence-corrected chi connectivity index (χ1v) is 12.8. The van der Waals surface area contributed by atoms with Crippen LogP contribution in [-0.4, -0.2) is 48.8 Å². The first-order chi connectivity index (χ1) is 17.7. The third kappa shape index (κ3) is 6.32. The zero-order chi connectivity index (χ0) is 24.6. The molecule has 0 unspecified atom stereocenters. The maximum absolute atomic E-state index is 12.8. The molecule has 1 N–H and O–H groups in total. The van der Waals surface area contributed by atoms with Crippen LogP contribution in [-0.2, 0) is 27.5 Å². The summed E-state index contributed by atoms with van der Waals surface area (Å²) in [4.78, 5) is 15.0. The van der Waals surface area contributed by atoms with Gasteiger partial charge in [0.25, 0.3) is 0 Å². The minimum atomic E-state index is -0.225. The van der Waals surface area contributed by atoms with Gasteiger partial charge in [0, 0.05) is 25.4 Å². The van der Waals surface area contributed by atoms with Crippen LogP contribution in [0.5, 0.6) is 5.75 Å². The van der Waals surface area contributed by atoms with Crippen LogP contribution in [0.1, 0.15) is 30.4 Å². The Morgan fingerprint density at radius 2 is 1.61 bits per heavy atom. The van der Waals surface area contributed by atoms with Crippen molar-refractivity contribution >= 4 is 11.6 Å². The van der Waals surface area contributed by atoms with Gasteiger partial charge < -0.3 is 19.5 Å². The Morgan fingerprint density at radius 1 is 0.917 bits per heavy atom. The normalized spacial score (nSPS) is 21.9. The number of hydrogen-bond acceptors (Lipinski definition) is 5. The number of carbonyl (C=O) groups excluding carboxylic acids is 1. The quantitative estimate of drug-likeness (QED) is 0.459. The third-order valence-corrected chi connectivity index (χ3v) is 7.04. The van der Waals surface area contributed by atoms with E-state index < -0.39 is 0 Å². The molecule has 2 saturated heterocycles. The Kier molecular flexibility index (Phi) is 7.96. The number of anilines is 1. The maximum Gasteiger partial charge on any atom is 0.238 e. The summed E-state index contributed by atoms with van der Waals surface area (Å²) in [6, 6.07) is 27.8. The fourth-order valence-corrected chi connectivity index (χ4v) is 5.07. The molecule has 2 aliphatic heterocycles. The second-order valence-corrected chi connectivity index (χ2v) is 9.63. The molecule has 188 valence electrons. The van der Waals surface area contributed by atoms with E-state index in [4.69, 9.17) is 14.2 Å². The lowest BCUT2D eigenvalue weighted by Gasteiger charge is -2.44. The van der Waals surface area contributed by atoms with Gasteiger partial charge in [0.2, 0.25) is 5.91 Å². The Hall–Kier alpha value is -3.19. The summed E-state index contributed by atoms with van der Waals surface area (Å²) in [5.74, 6) is 0.742. The first-order valence-electron chi connectivity index (χ1n) is 12.8. The molecule has 1 amide bonds. The predicted octanol–water partition coefficient (Wildman–Crippen LogP) is 5.04. The second kappa shape index (κ2) is 11.7. The lowest BCUT2D eigenvalue weighted by molar-refractivity contribution is -0.159. The van der Waals surface area contributed by atoms with E-state index in [0.29, 0.717) is 26.3 Å². The van der Waals surface area contributed by atoms with Gasteiger partial charge in [0.05, 0.1) is 24.9 Å². The summed E-state index contributed by atoms with van der Waals surface area (Å²) in [7, 11) is 0. The number of piperidine rings is 1. The fourth-order valence-electron chi connectivity index (χ4n) is 5.07. The number of amides is 1. The van der Waals surface area contributed by atoms with E-state index >= 15 is 0 Å². The van der Waals surface area contributed by atoms with Crippen LogP contribution in [0.2, 0.25) is 0 Å². The molecule has 0 aromatic heterocycles. The van der Waals surface area contributed by atoms with E-state index in [-0.39, 0.29) is 17.6 Å². The second-order valence-electron chi connectivity index (χ2n) is 9.63. The van der Waals surface area contributed by atoms with Gasteiger partial charge >= 0.3 is 0 Å². The van der Waals surface area contributed by atoms with Crippen LogP contribution < -0.4 is 10.1 Å². The van der Waals surface area contributed by atoms with Gasteiger partial charge in [-0.05, 0) is 54.7 Å². The molecule has 3 aromatic rings. The molecule has 2 aliphatic rings. The van der Waals surface area contributed by atoms with Crippen molar-refractivity contribution < 1.29 is 19.0 Å². The molecule has 6 heteroatoms. The van der Waals surface area contributed by atoms with Crippen molar-refractivity contribution in [3.8, 4) is 5.75 Å². The van der Waals surface area contributed by atoms with Crippen LogP contribution in [0.3, 0.4) is 0 Å². The molecule has 0 bridgehead atoms. The molecule has 5 rings (SSSR count). The number of nitrogens with zero attached hydrogens (tertiary/aromatic N) is 1. The smallest absolute Gasteiger partial charge is 0.238 e. The lowest BCUT2D eigenvalue weighted by Crippen LogP contribution is -2.57. The number of hydrogen-bond donors (Lipinski definition) is 1. The number of nitrogens with one attached hydrogen (secondary N) is 1. The largest absolute Gasteiger partial charge is 0.489 e. The molecular weight excluding hydrogens is 452 g/mol. The highest BCUT2D eigenvalue weighted by Gasteiger charge is 2.47. The molecule has 6 nitrogen and oxygen atoms in total. The van der Waals surface area contributed by atoms with Crippen LogP contribution >= 0.6 is 0 Å². The highest BCUT2D eigenvalue weighted by molar-refractivity contribution is 5.92. The molecule has 1 spiro atoms. The highest BCUT2D eigenvalue weighted by atomic mass is 16.6. The summed E-state index contributed by atoms with van der Waals surface area (Å²) in [5.41, 5.74) is 2.80. The van der Waals surface area contributed by atoms with Crippen molar-refractivity contribution in [3.05, 3.63) is 96.1 Å². The third-order valence-electron chi connectivity index (χ3n) is 7.04. The molecule has 0 radical (unpaired) electrons. The van der Waals surface area contributed by atoms with Crippen LogP contribution in [0.4, 0.5) is 5.69 Å². The number of benzene rings is 3. The molecule has 2 atom stereocenters. The summed E-state index contributed by atoms with van der Waals surface area (Å²) >= 11 is 0. The molecular formula is C30H34N2O4. The summed E-state index contributed by atoms with van der Waals surface area (Å²) in [5, 5.41) is 3.02. The molecule has 0 saturated carbocycles. The average molecular weight is 487 g/mol. The van der Waals surface area contributed by atoms with Gasteiger partial charge in [-0.3, -0.25) is 9.69 Å². The first kappa shape index (κ1) is 24.5. The van der Waals surface area contributed by atoms with Gasteiger partial charge in [-0.1, -0.05) is 60.7 Å². The maximum atomic E-state index is 12.8. The summed E-state index contributed by atoms with van der Waals surface area (Å²) < 4.78 is 18.5. The van der Waals surface area contributed by atoms with Gasteiger partial charge in [-0.15, -0.1) is 0 Å². The van der Waals surface area contributed by atoms with Crippen LogP contribution in [0, 0.1) is 0 Å². The Balaban J connectivity index is 1.12. The van der Waals surface area contributed by atoms with E-state index in [1.165, 1.54) is 0 Å². The van der Waals surface area contributed by atoms with Crippen molar-refractivity contribution in [2.24, 2.45) is 0 Å².